The lowest BCUT2D eigenvalue weighted by Crippen LogP contribution is -2.27. The number of halogens is 2. The van der Waals surface area contributed by atoms with Crippen LogP contribution in [0.15, 0.2) is 53.5 Å². The van der Waals surface area contributed by atoms with E-state index in [2.05, 4.69) is 10.3 Å². The number of para-hydroxylation sites is 2. The fourth-order valence-electron chi connectivity index (χ4n) is 1.91. The second-order valence-electron chi connectivity index (χ2n) is 4.97. The maximum absolute atomic E-state index is 12.8. The zero-order valence-electron chi connectivity index (χ0n) is 13.7. The van der Waals surface area contributed by atoms with Crippen LogP contribution in [0.2, 0.25) is 0 Å². The van der Waals surface area contributed by atoms with Gasteiger partial charge in [0.25, 0.3) is 0 Å². The van der Waals surface area contributed by atoms with Gasteiger partial charge in [0, 0.05) is 0 Å². The molecule has 25 heavy (non-hydrogen) atoms. The molecule has 4 N–H and O–H groups in total. The molecule has 0 aliphatic rings. The molecule has 0 saturated carbocycles. The predicted octanol–water partition coefficient (Wildman–Crippen LogP) is 2.62. The Morgan fingerprint density at radius 3 is 2.60 bits per heavy atom. The van der Waals surface area contributed by atoms with E-state index in [1.807, 2.05) is 12.1 Å². The molecule has 1 unspecified atom stereocenters. The first-order valence-corrected chi connectivity index (χ1v) is 7.35. The van der Waals surface area contributed by atoms with E-state index in [-0.39, 0.29) is 48.9 Å². The molecule has 8 heteroatoms. The first-order chi connectivity index (χ1) is 11.6. The molecule has 0 spiro atoms. The van der Waals surface area contributed by atoms with Crippen molar-refractivity contribution in [3.05, 3.63) is 54.3 Å². The number of hydrogen-bond acceptors (Lipinski definition) is 4. The van der Waals surface area contributed by atoms with Crippen molar-refractivity contribution in [2.24, 2.45) is 10.7 Å². The van der Waals surface area contributed by atoms with Gasteiger partial charge >= 0.3 is 0 Å². The molecule has 0 fully saturated rings. The Morgan fingerprint density at radius 2 is 1.92 bits per heavy atom. The van der Waals surface area contributed by atoms with Crippen molar-refractivity contribution in [1.29, 1.82) is 0 Å². The maximum atomic E-state index is 12.8. The van der Waals surface area contributed by atoms with Crippen molar-refractivity contribution >= 4 is 35.6 Å². The largest absolute Gasteiger partial charge is 0.495 e. The highest BCUT2D eigenvalue weighted by Gasteiger charge is 2.06. The van der Waals surface area contributed by atoms with Crippen LogP contribution in [0.1, 0.15) is 0 Å². The molecular formula is C17H21FIN3O3. The number of benzene rings is 2. The van der Waals surface area contributed by atoms with Gasteiger partial charge in [-0.05, 0) is 36.4 Å². The van der Waals surface area contributed by atoms with Crippen LogP contribution in [0.25, 0.3) is 0 Å². The summed E-state index contributed by atoms with van der Waals surface area (Å²) in [6.45, 7) is 0.0895. The summed E-state index contributed by atoms with van der Waals surface area (Å²) in [6, 6.07) is 12.8. The lowest BCUT2D eigenvalue weighted by Gasteiger charge is -2.12. The summed E-state index contributed by atoms with van der Waals surface area (Å²) in [5, 5.41) is 12.8. The number of aliphatic imine (C=N–C) groups is 1. The molecule has 0 radical (unpaired) electrons. The minimum atomic E-state index is -0.840. The van der Waals surface area contributed by atoms with Crippen LogP contribution in [-0.4, -0.2) is 37.4 Å². The standard InChI is InChI=1S/C17H20FN3O3.HI/c1-23-16-5-3-2-4-15(16)21-17(19)20-10-13(22)11-24-14-8-6-12(18)7-9-14;/h2-9,13,22H,10-11H2,1H3,(H3,19,20,21);1H. The van der Waals surface area contributed by atoms with Crippen molar-refractivity contribution in [2.45, 2.75) is 6.10 Å². The first kappa shape index (κ1) is 21.0. The molecule has 0 saturated heterocycles. The number of methoxy groups -OCH3 is 1. The van der Waals surface area contributed by atoms with Gasteiger partial charge in [0.05, 0.1) is 19.3 Å². The molecule has 6 nitrogen and oxygen atoms in total. The minimum Gasteiger partial charge on any atom is -0.495 e. The average Bonchev–Trinajstić information content (AvgIpc) is 2.60. The summed E-state index contributed by atoms with van der Waals surface area (Å²) in [5.41, 5.74) is 6.47. The van der Waals surface area contributed by atoms with Crippen molar-refractivity contribution in [3.8, 4) is 11.5 Å². The van der Waals surface area contributed by atoms with Crippen molar-refractivity contribution < 1.29 is 19.0 Å². The Bertz CT molecular complexity index is 683. The second kappa shape index (κ2) is 10.7. The van der Waals surface area contributed by atoms with Gasteiger partial charge in [0.1, 0.15) is 30.0 Å². The third-order valence-corrected chi connectivity index (χ3v) is 3.10. The van der Waals surface area contributed by atoms with Crippen molar-refractivity contribution in [2.75, 3.05) is 25.6 Å². The topological polar surface area (TPSA) is 89.1 Å². The molecule has 136 valence electrons. The monoisotopic (exact) mass is 461 g/mol. The molecule has 1 atom stereocenters. The van der Waals surface area contributed by atoms with Crippen LogP contribution in [-0.2, 0) is 0 Å². The first-order valence-electron chi connectivity index (χ1n) is 7.35. The highest BCUT2D eigenvalue weighted by atomic mass is 127. The second-order valence-corrected chi connectivity index (χ2v) is 4.97. The number of hydrogen-bond donors (Lipinski definition) is 3. The van der Waals surface area contributed by atoms with E-state index in [4.69, 9.17) is 15.2 Å². The van der Waals surface area contributed by atoms with Crippen LogP contribution in [0.4, 0.5) is 10.1 Å². The van der Waals surface area contributed by atoms with E-state index in [1.54, 1.807) is 19.2 Å². The van der Waals surface area contributed by atoms with E-state index < -0.39 is 6.10 Å². The van der Waals surface area contributed by atoms with Gasteiger partial charge in [-0.1, -0.05) is 12.1 Å². The number of anilines is 1. The van der Waals surface area contributed by atoms with Crippen LogP contribution < -0.4 is 20.5 Å². The Labute approximate surface area is 162 Å². The zero-order valence-corrected chi connectivity index (χ0v) is 16.0. The normalized spacial score (nSPS) is 12.0. The summed E-state index contributed by atoms with van der Waals surface area (Å²) in [6.07, 6.45) is -0.840. The number of nitrogens with zero attached hydrogens (tertiary/aromatic N) is 1. The summed E-state index contributed by atoms with van der Waals surface area (Å²) in [4.78, 5) is 4.06. The van der Waals surface area contributed by atoms with Crippen molar-refractivity contribution in [1.82, 2.24) is 0 Å². The van der Waals surface area contributed by atoms with Crippen LogP contribution in [0, 0.1) is 5.82 Å². The lowest BCUT2D eigenvalue weighted by molar-refractivity contribution is 0.114. The molecular weight excluding hydrogens is 440 g/mol. The van der Waals surface area contributed by atoms with Gasteiger partial charge in [0.2, 0.25) is 0 Å². The number of aliphatic hydroxyl groups excluding tert-OH is 1. The van der Waals surface area contributed by atoms with Crippen LogP contribution >= 0.6 is 24.0 Å². The minimum absolute atomic E-state index is 0. The summed E-state index contributed by atoms with van der Waals surface area (Å²) in [7, 11) is 1.56. The third-order valence-electron chi connectivity index (χ3n) is 3.10. The summed E-state index contributed by atoms with van der Waals surface area (Å²) in [5.74, 6) is 0.915. The zero-order chi connectivity index (χ0) is 17.4. The molecule has 0 heterocycles. The molecule has 2 aromatic carbocycles. The number of rotatable bonds is 7. The molecule has 0 aliphatic heterocycles. The number of aliphatic hydroxyl groups is 1. The van der Waals surface area contributed by atoms with Crippen molar-refractivity contribution in [3.63, 3.8) is 0 Å². The average molecular weight is 461 g/mol. The SMILES string of the molecule is COc1ccccc1NC(N)=NCC(O)COc1ccc(F)cc1.I. The van der Waals surface area contributed by atoms with E-state index in [1.165, 1.54) is 24.3 Å². The fourth-order valence-corrected chi connectivity index (χ4v) is 1.91. The highest BCUT2D eigenvalue weighted by Crippen LogP contribution is 2.22. The quantitative estimate of drug-likeness (QED) is 0.335. The van der Waals surface area contributed by atoms with Gasteiger partial charge in [-0.25, -0.2) is 4.39 Å². The van der Waals surface area contributed by atoms with E-state index in [9.17, 15) is 9.50 Å². The van der Waals surface area contributed by atoms with Gasteiger partial charge in [-0.15, -0.1) is 24.0 Å². The van der Waals surface area contributed by atoms with E-state index in [0.717, 1.165) is 0 Å². The Hall–Kier alpha value is -2.07. The third kappa shape index (κ3) is 7.14. The summed E-state index contributed by atoms with van der Waals surface area (Å²) >= 11 is 0. The molecule has 0 bridgehead atoms. The molecule has 2 rings (SSSR count). The van der Waals surface area contributed by atoms with Gasteiger partial charge < -0.3 is 25.6 Å². The number of ether oxygens (including phenoxy) is 2. The predicted molar refractivity (Wildman–Crippen MR) is 106 cm³/mol. The van der Waals surface area contributed by atoms with Crippen LogP contribution in [0.3, 0.4) is 0 Å². The van der Waals surface area contributed by atoms with Gasteiger partial charge in [-0.3, -0.25) is 4.99 Å². The van der Waals surface area contributed by atoms with Gasteiger partial charge in [0.15, 0.2) is 5.96 Å². The smallest absolute Gasteiger partial charge is 0.193 e. The van der Waals surface area contributed by atoms with Crippen LogP contribution in [0.5, 0.6) is 11.5 Å². The molecule has 0 amide bonds. The van der Waals surface area contributed by atoms with E-state index in [0.29, 0.717) is 17.2 Å². The Balaban J connectivity index is 0.00000312. The fraction of sp³-hybridized carbons (Fsp3) is 0.235. The number of guanidine groups is 1. The van der Waals surface area contributed by atoms with Gasteiger partial charge in [-0.2, -0.15) is 0 Å². The molecule has 0 aromatic heterocycles. The summed E-state index contributed by atoms with van der Waals surface area (Å²) < 4.78 is 23.3. The lowest BCUT2D eigenvalue weighted by atomic mass is 10.3. The molecule has 0 aliphatic carbocycles. The molecule has 2 aromatic rings. The Morgan fingerprint density at radius 1 is 1.24 bits per heavy atom. The maximum Gasteiger partial charge on any atom is 0.193 e. The Kier molecular flexibility index (Phi) is 9.00. The van der Waals surface area contributed by atoms with E-state index >= 15 is 0 Å². The highest BCUT2D eigenvalue weighted by molar-refractivity contribution is 14.0. The number of nitrogens with two attached hydrogens (primary N) is 1. The number of nitrogens with one attached hydrogen (secondary N) is 1.